The van der Waals surface area contributed by atoms with Gasteiger partial charge in [0, 0.05) is 13.2 Å². The molecule has 0 unspecified atom stereocenters. The zero-order chi connectivity index (χ0) is 11.8. The Balaban J connectivity index is 1.92. The molecule has 16 heavy (non-hydrogen) atoms. The minimum absolute atomic E-state index is 1.05. The van der Waals surface area contributed by atoms with Crippen LogP contribution in [0.2, 0.25) is 0 Å². The molecule has 0 atom stereocenters. The molecule has 0 amide bonds. The monoisotopic (exact) mass is 224 g/mol. The van der Waals surface area contributed by atoms with Crippen LogP contribution < -0.4 is 5.32 Å². The summed E-state index contributed by atoms with van der Waals surface area (Å²) in [5.41, 5.74) is 1.31. The van der Waals surface area contributed by atoms with Crippen LogP contribution >= 0.6 is 0 Å². The lowest BCUT2D eigenvalue weighted by molar-refractivity contribution is 0.392. The van der Waals surface area contributed by atoms with E-state index in [1.165, 1.54) is 24.9 Å². The Morgan fingerprint density at radius 3 is 2.75 bits per heavy atom. The van der Waals surface area contributed by atoms with Gasteiger partial charge in [-0.05, 0) is 58.6 Å². The van der Waals surface area contributed by atoms with Gasteiger partial charge in [0.25, 0.3) is 0 Å². The lowest BCUT2D eigenvalue weighted by Gasteiger charge is -2.09. The summed E-state index contributed by atoms with van der Waals surface area (Å²) in [6, 6.07) is 0. The van der Waals surface area contributed by atoms with Gasteiger partial charge in [0.05, 0.1) is 6.20 Å². The fourth-order valence-corrected chi connectivity index (χ4v) is 1.64. The van der Waals surface area contributed by atoms with E-state index in [4.69, 9.17) is 0 Å². The Kier molecular flexibility index (Phi) is 6.11. The highest BCUT2D eigenvalue weighted by Crippen LogP contribution is 1.96. The van der Waals surface area contributed by atoms with E-state index in [0.29, 0.717) is 0 Å². The number of unbranched alkanes of at least 4 members (excludes halogenated alkanes) is 1. The van der Waals surface area contributed by atoms with Gasteiger partial charge < -0.3 is 10.2 Å². The third-order valence-corrected chi connectivity index (χ3v) is 2.56. The van der Waals surface area contributed by atoms with Crippen molar-refractivity contribution in [1.29, 1.82) is 0 Å². The van der Waals surface area contributed by atoms with Gasteiger partial charge in [-0.15, -0.1) is 0 Å². The molecule has 0 aromatic carbocycles. The fourth-order valence-electron chi connectivity index (χ4n) is 1.64. The highest BCUT2D eigenvalue weighted by Gasteiger charge is 1.95. The summed E-state index contributed by atoms with van der Waals surface area (Å²) < 4.78 is 1.85. The van der Waals surface area contributed by atoms with Crippen LogP contribution in [0.3, 0.4) is 0 Å². The molecular formula is C12H24N4. The standard InChI is InChI=1S/C12H24N4/c1-15(2)9-5-4-7-13-8-6-12-10-14-16(3)11-12/h10-11,13H,4-9H2,1-3H3. The Morgan fingerprint density at radius 2 is 2.12 bits per heavy atom. The molecule has 0 saturated carbocycles. The molecule has 1 heterocycles. The average Bonchev–Trinajstić information content (AvgIpc) is 2.62. The summed E-state index contributed by atoms with van der Waals surface area (Å²) in [5.74, 6) is 0. The zero-order valence-corrected chi connectivity index (χ0v) is 10.7. The second-order valence-electron chi connectivity index (χ2n) is 4.53. The molecule has 0 fully saturated rings. The van der Waals surface area contributed by atoms with E-state index in [0.717, 1.165) is 19.5 Å². The predicted molar refractivity (Wildman–Crippen MR) is 67.6 cm³/mol. The van der Waals surface area contributed by atoms with Crippen LogP contribution in [0.4, 0.5) is 0 Å². The van der Waals surface area contributed by atoms with Crippen LogP contribution in [0.1, 0.15) is 18.4 Å². The number of nitrogens with zero attached hydrogens (tertiary/aromatic N) is 3. The Labute approximate surface area is 98.6 Å². The van der Waals surface area contributed by atoms with Crippen molar-refractivity contribution in [2.45, 2.75) is 19.3 Å². The van der Waals surface area contributed by atoms with E-state index in [-0.39, 0.29) is 0 Å². The van der Waals surface area contributed by atoms with Crippen LogP contribution in [-0.2, 0) is 13.5 Å². The topological polar surface area (TPSA) is 33.1 Å². The second-order valence-corrected chi connectivity index (χ2v) is 4.53. The van der Waals surface area contributed by atoms with E-state index in [1.54, 1.807) is 0 Å². The first-order valence-electron chi connectivity index (χ1n) is 6.01. The van der Waals surface area contributed by atoms with E-state index < -0.39 is 0 Å². The minimum atomic E-state index is 1.05. The van der Waals surface area contributed by atoms with Crippen molar-refractivity contribution in [2.24, 2.45) is 7.05 Å². The summed E-state index contributed by atoms with van der Waals surface area (Å²) in [6.45, 7) is 3.35. The molecule has 1 N–H and O–H groups in total. The maximum atomic E-state index is 4.15. The van der Waals surface area contributed by atoms with E-state index in [9.17, 15) is 0 Å². The summed E-state index contributed by atoms with van der Waals surface area (Å²) in [6.07, 6.45) is 7.61. The summed E-state index contributed by atoms with van der Waals surface area (Å²) >= 11 is 0. The van der Waals surface area contributed by atoms with Gasteiger partial charge in [0.2, 0.25) is 0 Å². The largest absolute Gasteiger partial charge is 0.316 e. The first-order chi connectivity index (χ1) is 7.68. The van der Waals surface area contributed by atoms with E-state index >= 15 is 0 Å². The highest BCUT2D eigenvalue weighted by atomic mass is 15.2. The van der Waals surface area contributed by atoms with E-state index in [2.05, 4.69) is 35.6 Å². The fraction of sp³-hybridized carbons (Fsp3) is 0.750. The van der Waals surface area contributed by atoms with Crippen molar-refractivity contribution in [1.82, 2.24) is 20.0 Å². The van der Waals surface area contributed by atoms with Crippen molar-refractivity contribution >= 4 is 0 Å². The lowest BCUT2D eigenvalue weighted by Crippen LogP contribution is -2.20. The van der Waals surface area contributed by atoms with Gasteiger partial charge >= 0.3 is 0 Å². The first kappa shape index (κ1) is 13.2. The Morgan fingerprint density at radius 1 is 1.31 bits per heavy atom. The predicted octanol–water partition coefficient (Wildman–Crippen LogP) is 0.894. The van der Waals surface area contributed by atoms with Gasteiger partial charge in [0.1, 0.15) is 0 Å². The second kappa shape index (κ2) is 7.41. The molecule has 0 aliphatic carbocycles. The molecule has 1 aromatic heterocycles. The smallest absolute Gasteiger partial charge is 0.0522 e. The molecule has 0 bridgehead atoms. The molecule has 4 heteroatoms. The molecule has 4 nitrogen and oxygen atoms in total. The van der Waals surface area contributed by atoms with Gasteiger partial charge in [-0.25, -0.2) is 0 Å². The molecule has 92 valence electrons. The maximum absolute atomic E-state index is 4.15. The number of hydrogen-bond donors (Lipinski definition) is 1. The molecule has 1 rings (SSSR count). The maximum Gasteiger partial charge on any atom is 0.0522 e. The van der Waals surface area contributed by atoms with Crippen LogP contribution in [0.15, 0.2) is 12.4 Å². The molecule has 0 radical (unpaired) electrons. The minimum Gasteiger partial charge on any atom is -0.316 e. The van der Waals surface area contributed by atoms with Crippen molar-refractivity contribution in [3.8, 4) is 0 Å². The van der Waals surface area contributed by atoms with Gasteiger partial charge in [-0.3, -0.25) is 4.68 Å². The van der Waals surface area contributed by atoms with Crippen molar-refractivity contribution in [3.05, 3.63) is 18.0 Å². The van der Waals surface area contributed by atoms with Crippen LogP contribution in [0.25, 0.3) is 0 Å². The quantitative estimate of drug-likeness (QED) is 0.666. The van der Waals surface area contributed by atoms with Crippen molar-refractivity contribution in [3.63, 3.8) is 0 Å². The molecule has 0 aliphatic rings. The zero-order valence-electron chi connectivity index (χ0n) is 10.7. The van der Waals surface area contributed by atoms with Gasteiger partial charge in [0.15, 0.2) is 0 Å². The number of aromatic nitrogens is 2. The third kappa shape index (κ3) is 5.88. The molecular weight excluding hydrogens is 200 g/mol. The van der Waals surface area contributed by atoms with E-state index in [1.807, 2.05) is 17.9 Å². The summed E-state index contributed by atoms with van der Waals surface area (Å²) in [5, 5.41) is 7.61. The summed E-state index contributed by atoms with van der Waals surface area (Å²) in [7, 11) is 6.20. The molecule has 1 aromatic rings. The molecule has 0 aliphatic heterocycles. The van der Waals surface area contributed by atoms with Crippen LogP contribution in [0, 0.1) is 0 Å². The Hall–Kier alpha value is -0.870. The number of nitrogens with one attached hydrogen (secondary N) is 1. The van der Waals surface area contributed by atoms with Crippen molar-refractivity contribution in [2.75, 3.05) is 33.7 Å². The van der Waals surface area contributed by atoms with Gasteiger partial charge in [-0.1, -0.05) is 0 Å². The number of hydrogen-bond acceptors (Lipinski definition) is 3. The Bertz CT molecular complexity index is 280. The molecule has 0 spiro atoms. The first-order valence-corrected chi connectivity index (χ1v) is 6.01. The third-order valence-electron chi connectivity index (χ3n) is 2.56. The average molecular weight is 224 g/mol. The SMILES string of the molecule is CN(C)CCCCNCCc1cnn(C)c1. The molecule has 0 saturated heterocycles. The normalized spacial score (nSPS) is 11.2. The number of rotatable bonds is 8. The van der Waals surface area contributed by atoms with Crippen LogP contribution in [0.5, 0.6) is 0 Å². The lowest BCUT2D eigenvalue weighted by atomic mass is 10.2. The summed E-state index contributed by atoms with van der Waals surface area (Å²) in [4.78, 5) is 2.23. The van der Waals surface area contributed by atoms with Crippen molar-refractivity contribution < 1.29 is 0 Å². The van der Waals surface area contributed by atoms with Crippen LogP contribution in [-0.4, -0.2) is 48.4 Å². The van der Waals surface area contributed by atoms with Gasteiger partial charge in [-0.2, -0.15) is 5.10 Å². The number of aryl methyl sites for hydroxylation is 1. The highest BCUT2D eigenvalue weighted by molar-refractivity contribution is 5.03.